The maximum absolute atomic E-state index is 12.3. The number of carbonyl (C=O) groups excluding carboxylic acids is 1. The van der Waals surface area contributed by atoms with Gasteiger partial charge in [0.25, 0.3) is 0 Å². The number of amides is 1. The minimum absolute atomic E-state index is 0.0124. The summed E-state index contributed by atoms with van der Waals surface area (Å²) in [6, 6.07) is 1.93. The summed E-state index contributed by atoms with van der Waals surface area (Å²) in [6.07, 6.45) is 0.849. The first-order chi connectivity index (χ1) is 9.62. The van der Waals surface area contributed by atoms with Crippen molar-refractivity contribution in [3.63, 3.8) is 0 Å². The zero-order valence-corrected chi connectivity index (χ0v) is 11.9. The summed E-state index contributed by atoms with van der Waals surface area (Å²) in [5.74, 6) is -0.866. The van der Waals surface area contributed by atoms with E-state index in [1.54, 1.807) is 16.2 Å². The molecular weight excluding hydrogens is 278 g/mol. The first-order valence-electron chi connectivity index (χ1n) is 6.72. The van der Waals surface area contributed by atoms with Crippen molar-refractivity contribution in [3.05, 3.63) is 22.4 Å². The Hall–Kier alpha value is -1.40. The third-order valence-corrected chi connectivity index (χ3v) is 5.15. The van der Waals surface area contributed by atoms with Crippen LogP contribution in [0.25, 0.3) is 0 Å². The number of likely N-dealkylation sites (tertiary alicyclic amines) is 1. The van der Waals surface area contributed by atoms with Crippen molar-refractivity contribution in [2.45, 2.75) is 12.8 Å². The molecular formula is C14H17NO4S. The van der Waals surface area contributed by atoms with Gasteiger partial charge in [0.1, 0.15) is 0 Å². The number of hydrogen-bond donors (Lipinski definition) is 1. The summed E-state index contributed by atoms with van der Waals surface area (Å²) in [5, 5.41) is 13.5. The van der Waals surface area contributed by atoms with E-state index in [0.29, 0.717) is 39.1 Å². The van der Waals surface area contributed by atoms with Gasteiger partial charge in [0.15, 0.2) is 0 Å². The van der Waals surface area contributed by atoms with Gasteiger partial charge in [-0.1, -0.05) is 0 Å². The SMILES string of the molecule is O=C(Cc1ccsc1)N1C[C@H]2COCC[C@@]2(C(=O)O)C1. The largest absolute Gasteiger partial charge is 0.481 e. The average molecular weight is 295 g/mol. The minimum Gasteiger partial charge on any atom is -0.481 e. The lowest BCUT2D eigenvalue weighted by atomic mass is 9.74. The Labute approximate surface area is 121 Å². The fraction of sp³-hybridized carbons (Fsp3) is 0.571. The highest BCUT2D eigenvalue weighted by Gasteiger charge is 2.54. The van der Waals surface area contributed by atoms with Gasteiger partial charge in [-0.3, -0.25) is 9.59 Å². The molecule has 2 fully saturated rings. The zero-order chi connectivity index (χ0) is 14.2. The first-order valence-corrected chi connectivity index (χ1v) is 7.66. The molecule has 0 aromatic carbocycles. The highest BCUT2D eigenvalue weighted by atomic mass is 32.1. The molecule has 0 saturated carbocycles. The number of carboxylic acids is 1. The van der Waals surface area contributed by atoms with Crippen LogP contribution in [-0.4, -0.2) is 48.2 Å². The van der Waals surface area contributed by atoms with Gasteiger partial charge in [-0.2, -0.15) is 11.3 Å². The van der Waals surface area contributed by atoms with Crippen molar-refractivity contribution in [2.75, 3.05) is 26.3 Å². The summed E-state index contributed by atoms with van der Waals surface area (Å²) >= 11 is 1.56. The first kappa shape index (κ1) is 13.6. The number of carbonyl (C=O) groups is 2. The van der Waals surface area contributed by atoms with Crippen LogP contribution < -0.4 is 0 Å². The number of hydrogen-bond acceptors (Lipinski definition) is 4. The van der Waals surface area contributed by atoms with Crippen LogP contribution in [0.4, 0.5) is 0 Å². The smallest absolute Gasteiger partial charge is 0.311 e. The molecule has 0 spiro atoms. The minimum atomic E-state index is -0.803. The highest BCUT2D eigenvalue weighted by molar-refractivity contribution is 7.07. The lowest BCUT2D eigenvalue weighted by Gasteiger charge is -2.33. The topological polar surface area (TPSA) is 66.8 Å². The fourth-order valence-corrected chi connectivity index (χ4v) is 3.84. The van der Waals surface area contributed by atoms with Crippen LogP contribution >= 0.6 is 11.3 Å². The molecule has 0 radical (unpaired) electrons. The van der Waals surface area contributed by atoms with E-state index in [1.807, 2.05) is 16.8 Å². The highest BCUT2D eigenvalue weighted by Crippen LogP contribution is 2.42. The molecule has 3 rings (SSSR count). The standard InChI is InChI=1S/C14H17NO4S/c16-12(5-10-1-4-20-8-10)15-6-11-7-19-3-2-14(11,9-15)13(17)18/h1,4,8,11H,2-3,5-7,9H2,(H,17,18)/t11-,14+/m0/s1. The van der Waals surface area contributed by atoms with E-state index in [4.69, 9.17) is 4.74 Å². The average Bonchev–Trinajstić information content (AvgIpc) is 3.05. The van der Waals surface area contributed by atoms with Crippen molar-refractivity contribution in [1.29, 1.82) is 0 Å². The third-order valence-electron chi connectivity index (χ3n) is 4.42. The summed E-state index contributed by atoms with van der Waals surface area (Å²) in [6.45, 7) is 1.72. The van der Waals surface area contributed by atoms with E-state index in [9.17, 15) is 14.7 Å². The van der Waals surface area contributed by atoms with E-state index in [0.717, 1.165) is 5.56 Å². The van der Waals surface area contributed by atoms with Crippen LogP contribution in [0, 0.1) is 11.3 Å². The molecule has 0 bridgehead atoms. The van der Waals surface area contributed by atoms with Crippen molar-refractivity contribution in [1.82, 2.24) is 4.90 Å². The van der Waals surface area contributed by atoms with Crippen LogP contribution in [0.3, 0.4) is 0 Å². The molecule has 0 aliphatic carbocycles. The molecule has 3 heterocycles. The Bertz CT molecular complexity index is 515. The van der Waals surface area contributed by atoms with Crippen LogP contribution in [-0.2, 0) is 20.7 Å². The molecule has 0 unspecified atom stereocenters. The van der Waals surface area contributed by atoms with Crippen LogP contribution in [0.1, 0.15) is 12.0 Å². The number of fused-ring (bicyclic) bond motifs is 1. The molecule has 1 aromatic heterocycles. The van der Waals surface area contributed by atoms with Crippen LogP contribution in [0.5, 0.6) is 0 Å². The van der Waals surface area contributed by atoms with Gasteiger partial charge in [0.2, 0.25) is 5.91 Å². The fourth-order valence-electron chi connectivity index (χ4n) is 3.17. The Morgan fingerprint density at radius 3 is 3.05 bits per heavy atom. The molecule has 1 aromatic rings. The quantitative estimate of drug-likeness (QED) is 0.911. The van der Waals surface area contributed by atoms with Gasteiger partial charge in [0.05, 0.1) is 18.4 Å². The van der Waals surface area contributed by atoms with Crippen molar-refractivity contribution < 1.29 is 19.4 Å². The molecule has 1 N–H and O–H groups in total. The molecule has 5 nitrogen and oxygen atoms in total. The number of thiophene rings is 1. The summed E-state index contributed by atoms with van der Waals surface area (Å²) in [4.78, 5) is 25.7. The summed E-state index contributed by atoms with van der Waals surface area (Å²) in [5.41, 5.74) is 0.193. The molecule has 2 atom stereocenters. The normalized spacial score (nSPS) is 29.2. The van der Waals surface area contributed by atoms with Gasteiger partial charge in [-0.05, 0) is 28.8 Å². The van der Waals surface area contributed by atoms with Gasteiger partial charge in [0, 0.05) is 25.6 Å². The molecule has 1 amide bonds. The second-order valence-corrected chi connectivity index (χ2v) is 6.35. The molecule has 2 aliphatic heterocycles. The van der Waals surface area contributed by atoms with E-state index in [2.05, 4.69) is 0 Å². The number of ether oxygens (including phenoxy) is 1. The Balaban J connectivity index is 1.73. The predicted octanol–water partition coefficient (Wildman–Crippen LogP) is 1.24. The van der Waals surface area contributed by atoms with Gasteiger partial charge in [-0.25, -0.2) is 0 Å². The van der Waals surface area contributed by atoms with Gasteiger partial charge >= 0.3 is 5.97 Å². The second kappa shape index (κ2) is 5.18. The molecule has 108 valence electrons. The lowest BCUT2D eigenvalue weighted by Crippen LogP contribution is -2.45. The maximum Gasteiger partial charge on any atom is 0.311 e. The molecule has 2 saturated heterocycles. The van der Waals surface area contributed by atoms with E-state index < -0.39 is 11.4 Å². The monoisotopic (exact) mass is 295 g/mol. The molecule has 2 aliphatic rings. The molecule has 20 heavy (non-hydrogen) atoms. The number of rotatable bonds is 3. The van der Waals surface area contributed by atoms with Crippen molar-refractivity contribution >= 4 is 23.2 Å². The van der Waals surface area contributed by atoms with Gasteiger partial charge in [-0.15, -0.1) is 0 Å². The summed E-state index contributed by atoms with van der Waals surface area (Å²) in [7, 11) is 0. The van der Waals surface area contributed by atoms with Gasteiger partial charge < -0.3 is 14.7 Å². The van der Waals surface area contributed by atoms with E-state index >= 15 is 0 Å². The lowest BCUT2D eigenvalue weighted by molar-refractivity contribution is -0.157. The van der Waals surface area contributed by atoms with Crippen LogP contribution in [0.2, 0.25) is 0 Å². The Kier molecular flexibility index (Phi) is 3.52. The van der Waals surface area contributed by atoms with E-state index in [1.165, 1.54) is 0 Å². The van der Waals surface area contributed by atoms with Crippen LogP contribution in [0.15, 0.2) is 16.8 Å². The maximum atomic E-state index is 12.3. The zero-order valence-electron chi connectivity index (χ0n) is 11.1. The van der Waals surface area contributed by atoms with Crippen molar-refractivity contribution in [3.8, 4) is 0 Å². The Morgan fingerprint density at radius 1 is 1.55 bits per heavy atom. The van der Waals surface area contributed by atoms with E-state index in [-0.39, 0.29) is 11.8 Å². The number of carboxylic acid groups (broad SMARTS) is 1. The number of aliphatic carboxylic acids is 1. The predicted molar refractivity (Wildman–Crippen MR) is 73.6 cm³/mol. The van der Waals surface area contributed by atoms with Crippen molar-refractivity contribution in [2.24, 2.45) is 11.3 Å². The number of nitrogens with zero attached hydrogens (tertiary/aromatic N) is 1. The third kappa shape index (κ3) is 2.23. The summed E-state index contributed by atoms with van der Waals surface area (Å²) < 4.78 is 5.39. The molecule has 6 heteroatoms. The second-order valence-electron chi connectivity index (χ2n) is 5.57. The Morgan fingerprint density at radius 2 is 2.40 bits per heavy atom.